The van der Waals surface area contributed by atoms with E-state index in [0.29, 0.717) is 43.6 Å². The summed E-state index contributed by atoms with van der Waals surface area (Å²) < 4.78 is 21.2. The van der Waals surface area contributed by atoms with Crippen molar-refractivity contribution in [3.8, 4) is 17.2 Å². The van der Waals surface area contributed by atoms with Gasteiger partial charge in [-0.05, 0) is 48.9 Å². The maximum atomic E-state index is 13.1. The number of halogens is 2. The molecule has 0 bridgehead atoms. The molecule has 1 aliphatic heterocycles. The van der Waals surface area contributed by atoms with Gasteiger partial charge in [-0.3, -0.25) is 9.69 Å². The van der Waals surface area contributed by atoms with E-state index in [1.165, 1.54) is 19.1 Å². The van der Waals surface area contributed by atoms with Gasteiger partial charge in [-0.2, -0.15) is 0 Å². The third-order valence-corrected chi connectivity index (χ3v) is 6.26. The van der Waals surface area contributed by atoms with Crippen LogP contribution in [0.3, 0.4) is 0 Å². The number of anilines is 1. The predicted molar refractivity (Wildman–Crippen MR) is 134 cm³/mol. The second-order valence-corrected chi connectivity index (χ2v) is 8.95. The topological polar surface area (TPSA) is 74.3 Å². The van der Waals surface area contributed by atoms with Gasteiger partial charge in [0.15, 0.2) is 22.4 Å². The van der Waals surface area contributed by atoms with E-state index in [2.05, 4.69) is 4.74 Å². The third kappa shape index (κ3) is 5.73. The number of hydrogen-bond acceptors (Lipinski definition) is 8. The first-order chi connectivity index (χ1) is 15.8. The normalized spacial score (nSPS) is 14.6. The van der Waals surface area contributed by atoms with Crippen LogP contribution in [-0.2, 0) is 14.3 Å². The number of thioether (sulfide) groups is 1. The number of esters is 1. The van der Waals surface area contributed by atoms with Crippen LogP contribution in [0.5, 0.6) is 17.2 Å². The number of rotatable bonds is 8. The third-order valence-electron chi connectivity index (χ3n) is 4.38. The first-order valence-electron chi connectivity index (χ1n) is 9.56. The van der Waals surface area contributed by atoms with Crippen LogP contribution in [0.15, 0.2) is 35.2 Å². The lowest BCUT2D eigenvalue weighted by Crippen LogP contribution is -2.27. The van der Waals surface area contributed by atoms with Gasteiger partial charge < -0.3 is 18.9 Å². The molecule has 1 aliphatic rings. The number of carbonyl (C=O) groups excluding carboxylic acids is 2. The molecule has 1 amide bonds. The molecule has 0 N–H and O–H groups in total. The Morgan fingerprint density at radius 3 is 2.52 bits per heavy atom. The molecule has 3 rings (SSSR count). The van der Waals surface area contributed by atoms with E-state index < -0.39 is 5.97 Å². The Morgan fingerprint density at radius 2 is 1.88 bits per heavy atom. The Labute approximate surface area is 210 Å². The van der Waals surface area contributed by atoms with Gasteiger partial charge in [0.05, 0.1) is 41.5 Å². The van der Waals surface area contributed by atoms with Crippen LogP contribution in [0.4, 0.5) is 5.69 Å². The van der Waals surface area contributed by atoms with Crippen molar-refractivity contribution in [2.75, 3.05) is 32.3 Å². The van der Waals surface area contributed by atoms with Crippen LogP contribution in [0.1, 0.15) is 12.5 Å². The molecule has 33 heavy (non-hydrogen) atoms. The van der Waals surface area contributed by atoms with E-state index in [4.69, 9.17) is 49.6 Å². The van der Waals surface area contributed by atoms with Crippen LogP contribution >= 0.6 is 47.2 Å². The van der Waals surface area contributed by atoms with E-state index in [1.54, 1.807) is 43.3 Å². The van der Waals surface area contributed by atoms with Crippen LogP contribution in [0.25, 0.3) is 6.08 Å². The molecule has 174 valence electrons. The molecular formula is C22H19Cl2NO6S2. The minimum atomic E-state index is -0.556. The van der Waals surface area contributed by atoms with Crippen molar-refractivity contribution in [3.05, 3.63) is 50.8 Å². The molecule has 0 aliphatic carbocycles. The summed E-state index contributed by atoms with van der Waals surface area (Å²) in [6.45, 7) is 1.82. The zero-order valence-electron chi connectivity index (χ0n) is 17.8. The summed E-state index contributed by atoms with van der Waals surface area (Å²) in [6.07, 6.45) is 1.66. The number of methoxy groups -OCH3 is 2. The highest BCUT2D eigenvalue weighted by molar-refractivity contribution is 8.27. The molecule has 1 fully saturated rings. The standard InChI is InChI=1S/C22H19Cl2NO6S2/c1-4-30-17-8-12(7-15(24)20(17)31-11-19(26)29-3)9-18-21(27)25(22(32)33-18)13-5-6-16(28-2)14(23)10-13/h5-10H,4,11H2,1-3H3/b18-9-. The maximum absolute atomic E-state index is 13.1. The van der Waals surface area contributed by atoms with Gasteiger partial charge in [0.2, 0.25) is 0 Å². The first kappa shape index (κ1) is 25.2. The van der Waals surface area contributed by atoms with Gasteiger partial charge in [0, 0.05) is 0 Å². The second-order valence-electron chi connectivity index (χ2n) is 6.46. The van der Waals surface area contributed by atoms with Crippen molar-refractivity contribution < 1.29 is 28.5 Å². The number of amides is 1. The smallest absolute Gasteiger partial charge is 0.343 e. The van der Waals surface area contributed by atoms with E-state index in [1.807, 2.05) is 0 Å². The summed E-state index contributed by atoms with van der Waals surface area (Å²) in [5, 5.41) is 0.581. The number of thiocarbonyl (C=S) groups is 1. The Hall–Kier alpha value is -2.46. The summed E-state index contributed by atoms with van der Waals surface area (Å²) >= 11 is 19.2. The average Bonchev–Trinajstić information content (AvgIpc) is 3.05. The van der Waals surface area contributed by atoms with Crippen molar-refractivity contribution >= 4 is 75.1 Å². The lowest BCUT2D eigenvalue weighted by molar-refractivity contribution is -0.142. The molecule has 1 saturated heterocycles. The highest BCUT2D eigenvalue weighted by Gasteiger charge is 2.33. The molecule has 0 unspecified atom stereocenters. The monoisotopic (exact) mass is 527 g/mol. The molecule has 0 atom stereocenters. The molecule has 0 spiro atoms. The highest BCUT2D eigenvalue weighted by Crippen LogP contribution is 2.41. The van der Waals surface area contributed by atoms with Crippen molar-refractivity contribution in [3.63, 3.8) is 0 Å². The van der Waals surface area contributed by atoms with Crippen LogP contribution in [0.2, 0.25) is 10.0 Å². The van der Waals surface area contributed by atoms with E-state index in [-0.39, 0.29) is 23.3 Å². The highest BCUT2D eigenvalue weighted by atomic mass is 35.5. The van der Waals surface area contributed by atoms with Gasteiger partial charge in [-0.1, -0.05) is 47.2 Å². The summed E-state index contributed by atoms with van der Waals surface area (Å²) in [4.78, 5) is 26.3. The van der Waals surface area contributed by atoms with Crippen LogP contribution in [-0.4, -0.2) is 43.6 Å². The van der Waals surface area contributed by atoms with Crippen molar-refractivity contribution in [2.45, 2.75) is 6.92 Å². The molecule has 7 nitrogen and oxygen atoms in total. The van der Waals surface area contributed by atoms with Crippen LogP contribution in [0, 0.1) is 0 Å². The van der Waals surface area contributed by atoms with E-state index >= 15 is 0 Å². The number of nitrogens with zero attached hydrogens (tertiary/aromatic N) is 1. The minimum absolute atomic E-state index is 0.210. The molecule has 11 heteroatoms. The first-order valence-corrected chi connectivity index (χ1v) is 11.5. The fraction of sp³-hybridized carbons (Fsp3) is 0.227. The average molecular weight is 528 g/mol. The van der Waals surface area contributed by atoms with Gasteiger partial charge >= 0.3 is 5.97 Å². The predicted octanol–water partition coefficient (Wildman–Crippen LogP) is 5.36. The molecule has 2 aromatic carbocycles. The summed E-state index contributed by atoms with van der Waals surface area (Å²) in [5.41, 5.74) is 1.13. The van der Waals surface area contributed by atoms with Gasteiger partial charge in [-0.15, -0.1) is 0 Å². The van der Waals surface area contributed by atoms with Crippen LogP contribution < -0.4 is 19.1 Å². The molecule has 0 saturated carbocycles. The molecule has 0 radical (unpaired) electrons. The van der Waals surface area contributed by atoms with Gasteiger partial charge in [0.1, 0.15) is 5.75 Å². The van der Waals surface area contributed by atoms with Crippen molar-refractivity contribution in [1.29, 1.82) is 0 Å². The van der Waals surface area contributed by atoms with E-state index in [9.17, 15) is 9.59 Å². The fourth-order valence-electron chi connectivity index (χ4n) is 2.90. The molecular weight excluding hydrogens is 509 g/mol. The fourth-order valence-corrected chi connectivity index (χ4v) is 4.72. The minimum Gasteiger partial charge on any atom is -0.495 e. The zero-order valence-corrected chi connectivity index (χ0v) is 21.0. The Morgan fingerprint density at radius 1 is 1.12 bits per heavy atom. The lowest BCUT2D eigenvalue weighted by Gasteiger charge is -2.16. The second kappa shape index (κ2) is 11.1. The van der Waals surface area contributed by atoms with Gasteiger partial charge in [0.25, 0.3) is 5.91 Å². The molecule has 1 heterocycles. The van der Waals surface area contributed by atoms with Gasteiger partial charge in [-0.25, -0.2) is 4.79 Å². The van der Waals surface area contributed by atoms with E-state index in [0.717, 1.165) is 11.8 Å². The Bertz CT molecular complexity index is 1140. The summed E-state index contributed by atoms with van der Waals surface area (Å²) in [5.74, 6) is 0.180. The van der Waals surface area contributed by atoms with Crippen molar-refractivity contribution in [2.24, 2.45) is 0 Å². The number of benzene rings is 2. The largest absolute Gasteiger partial charge is 0.495 e. The zero-order chi connectivity index (χ0) is 24.1. The van der Waals surface area contributed by atoms with Crippen molar-refractivity contribution in [1.82, 2.24) is 0 Å². The summed E-state index contributed by atoms with van der Waals surface area (Å²) in [6, 6.07) is 8.26. The SMILES string of the molecule is CCOc1cc(/C=C2\SC(=S)N(c3ccc(OC)c(Cl)c3)C2=O)cc(Cl)c1OCC(=O)OC. The maximum Gasteiger partial charge on any atom is 0.343 e. The molecule has 0 aromatic heterocycles. The lowest BCUT2D eigenvalue weighted by atomic mass is 10.1. The number of carbonyl (C=O) groups is 2. The Balaban J connectivity index is 1.91. The summed E-state index contributed by atoms with van der Waals surface area (Å²) in [7, 11) is 2.77. The number of hydrogen-bond donors (Lipinski definition) is 0. The number of ether oxygens (including phenoxy) is 4. The molecule has 2 aromatic rings. The quantitative estimate of drug-likeness (QED) is 0.258. The Kier molecular flexibility index (Phi) is 8.47.